The zero-order valence-electron chi connectivity index (χ0n) is 17.1. The molecule has 0 saturated heterocycles. The summed E-state index contributed by atoms with van der Waals surface area (Å²) in [7, 11) is 1.73. The summed E-state index contributed by atoms with van der Waals surface area (Å²) in [5.41, 5.74) is 2.71. The maximum Gasteiger partial charge on any atom is 0.307 e. The number of allylic oxidation sites excluding steroid dienone is 2. The minimum Gasteiger partial charge on any atom is -0.461 e. The lowest BCUT2D eigenvalue weighted by Crippen LogP contribution is -2.26. The van der Waals surface area contributed by atoms with Crippen molar-refractivity contribution in [1.29, 1.82) is 5.41 Å². The SMILES string of the molecule is CC/C(NC)=C(/C=N)c1cc(F)cc(C(=O)NCCC(=O)OCc2ccccc2)c1. The standard InChI is InChI=1S/C23H26FN3O3/c1-3-21(26-2)20(14-25)17-11-18(13-19(24)12-17)23(29)27-10-9-22(28)30-15-16-7-5-4-6-8-16/h4-8,11-14,25-26H,3,9-10,15H2,1-2H3,(H,27,29)/b21-20+,25-14?. The first kappa shape index (κ1) is 22.8. The second-order valence-electron chi connectivity index (χ2n) is 6.52. The van der Waals surface area contributed by atoms with Crippen molar-refractivity contribution in [3.8, 4) is 0 Å². The maximum absolute atomic E-state index is 14.1. The molecule has 0 radical (unpaired) electrons. The summed E-state index contributed by atoms with van der Waals surface area (Å²) in [5.74, 6) is -1.51. The second-order valence-corrected chi connectivity index (χ2v) is 6.52. The fraction of sp³-hybridized carbons (Fsp3) is 0.261. The maximum atomic E-state index is 14.1. The van der Waals surface area contributed by atoms with Gasteiger partial charge in [-0.25, -0.2) is 4.39 Å². The molecule has 0 spiro atoms. The Hall–Kier alpha value is -3.48. The van der Waals surface area contributed by atoms with Gasteiger partial charge in [-0.3, -0.25) is 9.59 Å². The van der Waals surface area contributed by atoms with E-state index in [9.17, 15) is 14.0 Å². The molecule has 158 valence electrons. The van der Waals surface area contributed by atoms with E-state index in [1.165, 1.54) is 12.1 Å². The average Bonchev–Trinajstić information content (AvgIpc) is 2.76. The number of rotatable bonds is 10. The number of hydrogen-bond acceptors (Lipinski definition) is 5. The highest BCUT2D eigenvalue weighted by Crippen LogP contribution is 2.20. The fourth-order valence-corrected chi connectivity index (χ4v) is 2.91. The molecule has 0 aliphatic heterocycles. The summed E-state index contributed by atoms with van der Waals surface area (Å²) >= 11 is 0. The summed E-state index contributed by atoms with van der Waals surface area (Å²) in [6, 6.07) is 13.2. The molecule has 7 heteroatoms. The summed E-state index contributed by atoms with van der Waals surface area (Å²) < 4.78 is 19.3. The first-order chi connectivity index (χ1) is 14.5. The molecule has 0 heterocycles. The van der Waals surface area contributed by atoms with Gasteiger partial charge in [0.05, 0.1) is 6.42 Å². The lowest BCUT2D eigenvalue weighted by atomic mass is 10.0. The van der Waals surface area contributed by atoms with Crippen molar-refractivity contribution in [2.24, 2.45) is 0 Å². The van der Waals surface area contributed by atoms with Gasteiger partial charge in [0.15, 0.2) is 0 Å². The fourth-order valence-electron chi connectivity index (χ4n) is 2.91. The predicted octanol–water partition coefficient (Wildman–Crippen LogP) is 3.68. The van der Waals surface area contributed by atoms with Crippen LogP contribution in [0.4, 0.5) is 4.39 Å². The van der Waals surface area contributed by atoms with Crippen LogP contribution in [0.2, 0.25) is 0 Å². The van der Waals surface area contributed by atoms with Gasteiger partial charge in [0.1, 0.15) is 12.4 Å². The molecule has 2 rings (SSSR count). The van der Waals surface area contributed by atoms with Gasteiger partial charge < -0.3 is 20.8 Å². The summed E-state index contributed by atoms with van der Waals surface area (Å²) in [5, 5.41) is 13.2. The number of ether oxygens (including phenoxy) is 1. The van der Waals surface area contributed by atoms with E-state index >= 15 is 0 Å². The number of carbonyl (C=O) groups excluding carboxylic acids is 2. The minimum absolute atomic E-state index is 0.00609. The van der Waals surface area contributed by atoms with E-state index in [1.54, 1.807) is 7.05 Å². The van der Waals surface area contributed by atoms with Crippen LogP contribution >= 0.6 is 0 Å². The largest absolute Gasteiger partial charge is 0.461 e. The Morgan fingerprint density at radius 2 is 1.83 bits per heavy atom. The first-order valence-corrected chi connectivity index (χ1v) is 9.68. The van der Waals surface area contributed by atoms with Crippen molar-refractivity contribution in [3.63, 3.8) is 0 Å². The Kier molecular flexibility index (Phi) is 8.75. The number of benzene rings is 2. The molecular formula is C23H26FN3O3. The molecule has 0 atom stereocenters. The Labute approximate surface area is 175 Å². The van der Waals surface area contributed by atoms with Crippen LogP contribution in [0.25, 0.3) is 5.57 Å². The van der Waals surface area contributed by atoms with E-state index in [4.69, 9.17) is 10.1 Å². The highest BCUT2D eigenvalue weighted by molar-refractivity contribution is 6.10. The molecule has 0 aromatic heterocycles. The molecule has 0 unspecified atom stereocenters. The van der Waals surface area contributed by atoms with E-state index in [2.05, 4.69) is 10.6 Å². The molecule has 0 aliphatic carbocycles. The first-order valence-electron chi connectivity index (χ1n) is 9.68. The van der Waals surface area contributed by atoms with Crippen molar-refractivity contribution >= 4 is 23.7 Å². The minimum atomic E-state index is -0.578. The molecule has 0 bridgehead atoms. The quantitative estimate of drug-likeness (QED) is 0.411. The van der Waals surface area contributed by atoms with Crippen molar-refractivity contribution in [2.45, 2.75) is 26.4 Å². The third-order valence-corrected chi connectivity index (χ3v) is 4.45. The molecule has 3 N–H and O–H groups in total. The van der Waals surface area contributed by atoms with Gasteiger partial charge >= 0.3 is 5.97 Å². The Balaban J connectivity index is 1.97. The topological polar surface area (TPSA) is 91.3 Å². The van der Waals surface area contributed by atoms with Gasteiger partial charge in [0.25, 0.3) is 5.91 Å². The Bertz CT molecular complexity index is 921. The summed E-state index contributed by atoms with van der Waals surface area (Å²) in [6.45, 7) is 2.16. The van der Waals surface area contributed by atoms with E-state index in [0.29, 0.717) is 17.6 Å². The molecule has 0 saturated carbocycles. The summed E-state index contributed by atoms with van der Waals surface area (Å²) in [4.78, 5) is 24.3. The molecule has 1 amide bonds. The molecule has 2 aromatic rings. The molecule has 30 heavy (non-hydrogen) atoms. The van der Waals surface area contributed by atoms with Crippen LogP contribution in [-0.2, 0) is 16.1 Å². The number of nitrogens with one attached hydrogen (secondary N) is 3. The van der Waals surface area contributed by atoms with Crippen LogP contribution in [0.15, 0.2) is 54.2 Å². The molecule has 0 aliphatic rings. The Morgan fingerprint density at radius 1 is 1.13 bits per heavy atom. The zero-order valence-corrected chi connectivity index (χ0v) is 17.1. The lowest BCUT2D eigenvalue weighted by Gasteiger charge is -2.12. The van der Waals surface area contributed by atoms with Gasteiger partial charge in [-0.15, -0.1) is 0 Å². The van der Waals surface area contributed by atoms with Gasteiger partial charge in [-0.1, -0.05) is 37.3 Å². The predicted molar refractivity (Wildman–Crippen MR) is 115 cm³/mol. The van der Waals surface area contributed by atoms with Crippen LogP contribution in [0, 0.1) is 11.2 Å². The number of hydrogen-bond donors (Lipinski definition) is 3. The van der Waals surface area contributed by atoms with E-state index in [1.807, 2.05) is 37.3 Å². The summed E-state index contributed by atoms with van der Waals surface area (Å²) in [6.07, 6.45) is 1.77. The van der Waals surface area contributed by atoms with Crippen LogP contribution in [0.3, 0.4) is 0 Å². The van der Waals surface area contributed by atoms with Crippen LogP contribution in [0.1, 0.15) is 41.3 Å². The highest BCUT2D eigenvalue weighted by Gasteiger charge is 2.13. The third kappa shape index (κ3) is 6.55. The second kappa shape index (κ2) is 11.5. The number of amides is 1. The Morgan fingerprint density at radius 3 is 2.47 bits per heavy atom. The molecule has 0 fully saturated rings. The normalized spacial score (nSPS) is 11.3. The van der Waals surface area contributed by atoms with Crippen LogP contribution < -0.4 is 10.6 Å². The van der Waals surface area contributed by atoms with Gasteiger partial charge in [-0.05, 0) is 35.7 Å². The van der Waals surface area contributed by atoms with E-state index in [0.717, 1.165) is 23.5 Å². The van der Waals surface area contributed by atoms with E-state index < -0.39 is 17.7 Å². The average molecular weight is 411 g/mol. The van der Waals surface area contributed by atoms with Gasteiger partial charge in [-0.2, -0.15) is 0 Å². The highest BCUT2D eigenvalue weighted by atomic mass is 19.1. The van der Waals surface area contributed by atoms with E-state index in [-0.39, 0.29) is 25.1 Å². The molecule has 2 aromatic carbocycles. The van der Waals surface area contributed by atoms with Crippen molar-refractivity contribution in [3.05, 3.63) is 76.7 Å². The smallest absolute Gasteiger partial charge is 0.307 e. The zero-order chi connectivity index (χ0) is 21.9. The molecular weight excluding hydrogens is 385 g/mol. The van der Waals surface area contributed by atoms with Crippen LogP contribution in [0.5, 0.6) is 0 Å². The number of halogens is 1. The number of esters is 1. The van der Waals surface area contributed by atoms with Crippen molar-refractivity contribution in [1.82, 2.24) is 10.6 Å². The van der Waals surface area contributed by atoms with Gasteiger partial charge in [0.2, 0.25) is 0 Å². The van der Waals surface area contributed by atoms with Crippen molar-refractivity contribution in [2.75, 3.05) is 13.6 Å². The monoisotopic (exact) mass is 411 g/mol. The van der Waals surface area contributed by atoms with Crippen LogP contribution in [-0.4, -0.2) is 31.7 Å². The van der Waals surface area contributed by atoms with Crippen molar-refractivity contribution < 1.29 is 18.7 Å². The number of carbonyl (C=O) groups is 2. The molecule has 6 nitrogen and oxygen atoms in total. The third-order valence-electron chi connectivity index (χ3n) is 4.45. The van der Waals surface area contributed by atoms with Gasteiger partial charge in [0, 0.05) is 36.6 Å². The lowest BCUT2D eigenvalue weighted by molar-refractivity contribution is -0.144.